The van der Waals surface area contributed by atoms with Gasteiger partial charge in [-0.25, -0.2) is 4.98 Å². The molecule has 2 aromatic rings. The number of nitrogens with zero attached hydrogens (tertiary/aromatic N) is 3. The van der Waals surface area contributed by atoms with Crippen molar-refractivity contribution in [3.05, 3.63) is 47.4 Å². The molecule has 0 saturated carbocycles. The highest BCUT2D eigenvalue weighted by molar-refractivity contribution is 5.93. The average molecular weight is 368 g/mol. The summed E-state index contributed by atoms with van der Waals surface area (Å²) in [6.45, 7) is 1.56. The van der Waals surface area contributed by atoms with Crippen LogP contribution in [0.3, 0.4) is 0 Å². The standard InChI is InChI=1S/C20H24N4O3/c25-18(26)7-9-23-10-11-24-13-14(12-17(24)20(23)27)3-5-16-6-4-15-2-1-8-21-19(15)22-16/h1-2,8,12-13,16H,3-7,9-11H2,(H,21,22)(H,25,26). The van der Waals surface area contributed by atoms with Crippen LogP contribution in [0.2, 0.25) is 0 Å². The number of rotatable bonds is 6. The highest BCUT2D eigenvalue weighted by Crippen LogP contribution is 2.25. The molecule has 0 saturated heterocycles. The number of anilines is 1. The number of aryl methyl sites for hydroxylation is 2. The van der Waals surface area contributed by atoms with Gasteiger partial charge in [0.15, 0.2) is 0 Å². The van der Waals surface area contributed by atoms with Crippen molar-refractivity contribution in [2.45, 2.75) is 44.7 Å². The summed E-state index contributed by atoms with van der Waals surface area (Å²) in [5.74, 6) is 0.0531. The normalized spacial score (nSPS) is 18.6. The molecule has 0 radical (unpaired) electrons. The van der Waals surface area contributed by atoms with E-state index in [1.165, 1.54) is 5.56 Å². The molecule has 27 heavy (non-hydrogen) atoms. The van der Waals surface area contributed by atoms with E-state index in [9.17, 15) is 9.59 Å². The topological polar surface area (TPSA) is 87.5 Å². The molecule has 0 bridgehead atoms. The Kier molecular flexibility index (Phi) is 4.83. The number of fused-ring (bicyclic) bond motifs is 2. The molecule has 2 aromatic heterocycles. The minimum Gasteiger partial charge on any atom is -0.481 e. The van der Waals surface area contributed by atoms with E-state index in [4.69, 9.17) is 5.11 Å². The van der Waals surface area contributed by atoms with Crippen LogP contribution in [0.1, 0.15) is 40.9 Å². The number of aromatic nitrogens is 2. The third-order valence-corrected chi connectivity index (χ3v) is 5.44. The van der Waals surface area contributed by atoms with Gasteiger partial charge in [-0.2, -0.15) is 0 Å². The molecule has 2 aliphatic rings. The maximum absolute atomic E-state index is 12.6. The van der Waals surface area contributed by atoms with Crippen LogP contribution in [-0.2, 0) is 24.2 Å². The number of carbonyl (C=O) groups excluding carboxylic acids is 1. The first-order chi connectivity index (χ1) is 13.1. The number of pyridine rings is 1. The monoisotopic (exact) mass is 368 g/mol. The summed E-state index contributed by atoms with van der Waals surface area (Å²) in [5, 5.41) is 12.4. The molecule has 142 valence electrons. The number of carbonyl (C=O) groups is 2. The van der Waals surface area contributed by atoms with E-state index in [0.717, 1.165) is 43.6 Å². The second kappa shape index (κ2) is 7.42. The van der Waals surface area contributed by atoms with Crippen LogP contribution in [0, 0.1) is 0 Å². The van der Waals surface area contributed by atoms with Gasteiger partial charge in [0.2, 0.25) is 0 Å². The van der Waals surface area contributed by atoms with Gasteiger partial charge in [0, 0.05) is 38.1 Å². The third-order valence-electron chi connectivity index (χ3n) is 5.44. The fraction of sp³-hybridized carbons (Fsp3) is 0.450. The number of hydrogen-bond donors (Lipinski definition) is 2. The predicted molar refractivity (Wildman–Crippen MR) is 101 cm³/mol. The Labute approximate surface area is 158 Å². The van der Waals surface area contributed by atoms with Crippen molar-refractivity contribution in [3.63, 3.8) is 0 Å². The van der Waals surface area contributed by atoms with E-state index in [1.54, 1.807) is 4.90 Å². The summed E-state index contributed by atoms with van der Waals surface area (Å²) < 4.78 is 2.00. The molecule has 1 unspecified atom stereocenters. The molecule has 7 heteroatoms. The molecular weight excluding hydrogens is 344 g/mol. The molecular formula is C20H24N4O3. The molecule has 0 spiro atoms. The molecule has 4 heterocycles. The highest BCUT2D eigenvalue weighted by Gasteiger charge is 2.26. The highest BCUT2D eigenvalue weighted by atomic mass is 16.4. The van der Waals surface area contributed by atoms with Crippen LogP contribution in [0.25, 0.3) is 0 Å². The Morgan fingerprint density at radius 3 is 3.11 bits per heavy atom. The van der Waals surface area contributed by atoms with Crippen molar-refractivity contribution in [3.8, 4) is 0 Å². The number of carboxylic acids is 1. The minimum absolute atomic E-state index is 0.0117. The first-order valence-electron chi connectivity index (χ1n) is 9.50. The molecule has 2 aliphatic heterocycles. The van der Waals surface area contributed by atoms with Crippen LogP contribution >= 0.6 is 0 Å². The molecule has 1 amide bonds. The SMILES string of the molecule is O=C(O)CCN1CCn2cc(CCC3CCc4cccnc4N3)cc2C1=O. The zero-order valence-electron chi connectivity index (χ0n) is 15.2. The van der Waals surface area contributed by atoms with Crippen LogP contribution in [0.5, 0.6) is 0 Å². The fourth-order valence-electron chi connectivity index (χ4n) is 3.93. The van der Waals surface area contributed by atoms with Crippen LogP contribution in [-0.4, -0.2) is 50.6 Å². The minimum atomic E-state index is -0.875. The Balaban J connectivity index is 1.36. The van der Waals surface area contributed by atoms with Gasteiger partial charge in [0.1, 0.15) is 11.5 Å². The van der Waals surface area contributed by atoms with Crippen molar-refractivity contribution in [2.24, 2.45) is 0 Å². The zero-order valence-corrected chi connectivity index (χ0v) is 15.2. The summed E-state index contributed by atoms with van der Waals surface area (Å²) in [6.07, 6.45) is 7.91. The summed E-state index contributed by atoms with van der Waals surface area (Å²) in [7, 11) is 0. The second-order valence-corrected chi connectivity index (χ2v) is 7.29. The fourth-order valence-corrected chi connectivity index (χ4v) is 3.93. The van der Waals surface area contributed by atoms with Gasteiger partial charge < -0.3 is 19.9 Å². The van der Waals surface area contributed by atoms with Crippen LogP contribution in [0.15, 0.2) is 30.6 Å². The largest absolute Gasteiger partial charge is 0.481 e. The predicted octanol–water partition coefficient (Wildman–Crippen LogP) is 2.17. The number of aliphatic carboxylic acids is 1. The van der Waals surface area contributed by atoms with Gasteiger partial charge in [-0.05, 0) is 48.9 Å². The average Bonchev–Trinajstić information content (AvgIpc) is 3.09. The van der Waals surface area contributed by atoms with Crippen molar-refractivity contribution < 1.29 is 14.7 Å². The Hall–Kier alpha value is -2.83. The Morgan fingerprint density at radius 1 is 1.37 bits per heavy atom. The van der Waals surface area contributed by atoms with E-state index in [-0.39, 0.29) is 18.9 Å². The molecule has 0 aromatic carbocycles. The summed E-state index contributed by atoms with van der Waals surface area (Å²) >= 11 is 0. The van der Waals surface area contributed by atoms with Crippen LogP contribution < -0.4 is 5.32 Å². The van der Waals surface area contributed by atoms with Crippen molar-refractivity contribution in [2.75, 3.05) is 18.4 Å². The van der Waals surface area contributed by atoms with Gasteiger partial charge >= 0.3 is 5.97 Å². The lowest BCUT2D eigenvalue weighted by molar-refractivity contribution is -0.137. The van der Waals surface area contributed by atoms with E-state index >= 15 is 0 Å². The van der Waals surface area contributed by atoms with Gasteiger partial charge in [-0.3, -0.25) is 9.59 Å². The van der Waals surface area contributed by atoms with Gasteiger partial charge in [-0.1, -0.05) is 6.07 Å². The first-order valence-corrected chi connectivity index (χ1v) is 9.50. The van der Waals surface area contributed by atoms with Gasteiger partial charge in [-0.15, -0.1) is 0 Å². The molecule has 4 rings (SSSR count). The van der Waals surface area contributed by atoms with Crippen LogP contribution in [0.4, 0.5) is 5.82 Å². The molecule has 1 atom stereocenters. The van der Waals surface area contributed by atoms with Gasteiger partial charge in [0.05, 0.1) is 6.42 Å². The Bertz CT molecular complexity index is 861. The number of amides is 1. The lowest BCUT2D eigenvalue weighted by Gasteiger charge is -2.27. The van der Waals surface area contributed by atoms with Crippen molar-refractivity contribution in [1.82, 2.24) is 14.5 Å². The van der Waals surface area contributed by atoms with E-state index < -0.39 is 5.97 Å². The Morgan fingerprint density at radius 2 is 2.26 bits per heavy atom. The van der Waals surface area contributed by atoms with Gasteiger partial charge in [0.25, 0.3) is 5.91 Å². The maximum Gasteiger partial charge on any atom is 0.305 e. The molecule has 0 fully saturated rings. The molecule has 2 N–H and O–H groups in total. The summed E-state index contributed by atoms with van der Waals surface area (Å²) in [4.78, 5) is 29.4. The van der Waals surface area contributed by atoms with Crippen molar-refractivity contribution >= 4 is 17.7 Å². The number of nitrogens with one attached hydrogen (secondary N) is 1. The lowest BCUT2D eigenvalue weighted by atomic mass is 9.96. The summed E-state index contributed by atoms with van der Waals surface area (Å²) in [6, 6.07) is 6.45. The number of hydrogen-bond acceptors (Lipinski definition) is 4. The van der Waals surface area contributed by atoms with E-state index in [0.29, 0.717) is 18.3 Å². The van der Waals surface area contributed by atoms with E-state index in [1.807, 2.05) is 22.9 Å². The number of carboxylic acid groups (broad SMARTS) is 1. The molecule has 0 aliphatic carbocycles. The maximum atomic E-state index is 12.6. The third kappa shape index (κ3) is 3.82. The zero-order chi connectivity index (χ0) is 18.8. The lowest BCUT2D eigenvalue weighted by Crippen LogP contribution is -2.40. The smallest absolute Gasteiger partial charge is 0.305 e. The first kappa shape index (κ1) is 17.6. The molecule has 7 nitrogen and oxygen atoms in total. The second-order valence-electron chi connectivity index (χ2n) is 7.29. The quantitative estimate of drug-likeness (QED) is 0.816. The van der Waals surface area contributed by atoms with E-state index in [2.05, 4.69) is 22.6 Å². The summed E-state index contributed by atoms with van der Waals surface area (Å²) in [5.41, 5.74) is 3.11. The van der Waals surface area contributed by atoms with Crippen molar-refractivity contribution in [1.29, 1.82) is 0 Å².